The molecule has 1 aliphatic heterocycles. The SMILES string of the molecule is CC(NCC(C)(C)C)c1nnc2n1CCCCC2. The van der Waals surface area contributed by atoms with Gasteiger partial charge in [-0.3, -0.25) is 0 Å². The summed E-state index contributed by atoms with van der Waals surface area (Å²) in [6.07, 6.45) is 4.90. The van der Waals surface area contributed by atoms with E-state index in [1.165, 1.54) is 25.1 Å². The molecule has 0 bridgehead atoms. The number of rotatable bonds is 3. The predicted molar refractivity (Wildman–Crippen MR) is 73.4 cm³/mol. The quantitative estimate of drug-likeness (QED) is 0.897. The van der Waals surface area contributed by atoms with Crippen molar-refractivity contribution in [3.05, 3.63) is 11.6 Å². The zero-order valence-corrected chi connectivity index (χ0v) is 12.2. The Morgan fingerprint density at radius 3 is 2.72 bits per heavy atom. The topological polar surface area (TPSA) is 42.7 Å². The van der Waals surface area contributed by atoms with Crippen LogP contribution in [0.2, 0.25) is 0 Å². The highest BCUT2D eigenvalue weighted by Gasteiger charge is 2.20. The average Bonchev–Trinajstić information content (AvgIpc) is 2.54. The van der Waals surface area contributed by atoms with Crippen molar-refractivity contribution in [2.45, 2.75) is 66.0 Å². The fourth-order valence-electron chi connectivity index (χ4n) is 2.38. The van der Waals surface area contributed by atoms with E-state index in [0.29, 0.717) is 5.41 Å². The summed E-state index contributed by atoms with van der Waals surface area (Å²) in [5, 5.41) is 12.3. The van der Waals surface area contributed by atoms with Crippen LogP contribution in [0, 0.1) is 5.41 Å². The van der Waals surface area contributed by atoms with E-state index in [0.717, 1.165) is 25.3 Å². The summed E-state index contributed by atoms with van der Waals surface area (Å²) in [6.45, 7) is 11.0. The van der Waals surface area contributed by atoms with E-state index in [1.807, 2.05) is 0 Å². The van der Waals surface area contributed by atoms with Gasteiger partial charge in [-0.15, -0.1) is 10.2 Å². The van der Waals surface area contributed by atoms with Gasteiger partial charge in [-0.05, 0) is 25.2 Å². The highest BCUT2D eigenvalue weighted by atomic mass is 15.3. The molecular weight excluding hydrogens is 224 g/mol. The average molecular weight is 250 g/mol. The van der Waals surface area contributed by atoms with Crippen molar-refractivity contribution >= 4 is 0 Å². The van der Waals surface area contributed by atoms with Gasteiger partial charge in [-0.25, -0.2) is 0 Å². The van der Waals surface area contributed by atoms with Gasteiger partial charge >= 0.3 is 0 Å². The first-order valence-electron chi connectivity index (χ1n) is 7.13. The lowest BCUT2D eigenvalue weighted by Gasteiger charge is -2.22. The molecular formula is C14H26N4. The summed E-state index contributed by atoms with van der Waals surface area (Å²) < 4.78 is 2.33. The minimum atomic E-state index is 0.281. The number of fused-ring (bicyclic) bond motifs is 1. The highest BCUT2D eigenvalue weighted by Crippen LogP contribution is 2.19. The molecule has 1 aromatic rings. The first-order chi connectivity index (χ1) is 8.47. The van der Waals surface area contributed by atoms with Gasteiger partial charge in [0.05, 0.1) is 6.04 Å². The van der Waals surface area contributed by atoms with Crippen LogP contribution in [0.5, 0.6) is 0 Å². The second-order valence-corrected chi connectivity index (χ2v) is 6.60. The van der Waals surface area contributed by atoms with Gasteiger partial charge in [0, 0.05) is 19.5 Å². The Balaban J connectivity index is 2.06. The van der Waals surface area contributed by atoms with Crippen molar-refractivity contribution in [3.63, 3.8) is 0 Å². The van der Waals surface area contributed by atoms with Gasteiger partial charge in [0.2, 0.25) is 0 Å². The Bertz CT molecular complexity index is 389. The predicted octanol–water partition coefficient (Wildman–Crippen LogP) is 2.70. The fraction of sp³-hybridized carbons (Fsp3) is 0.857. The van der Waals surface area contributed by atoms with Crippen molar-refractivity contribution < 1.29 is 0 Å². The monoisotopic (exact) mass is 250 g/mol. The number of hydrogen-bond acceptors (Lipinski definition) is 3. The molecule has 1 unspecified atom stereocenters. The van der Waals surface area contributed by atoms with Gasteiger partial charge in [-0.2, -0.15) is 0 Å². The second kappa shape index (κ2) is 5.39. The number of nitrogens with zero attached hydrogens (tertiary/aromatic N) is 3. The van der Waals surface area contributed by atoms with Crippen LogP contribution in [0.15, 0.2) is 0 Å². The van der Waals surface area contributed by atoms with E-state index in [1.54, 1.807) is 0 Å². The Morgan fingerprint density at radius 1 is 1.22 bits per heavy atom. The van der Waals surface area contributed by atoms with E-state index in [4.69, 9.17) is 0 Å². The lowest BCUT2D eigenvalue weighted by Crippen LogP contribution is -2.30. The largest absolute Gasteiger partial charge is 0.314 e. The maximum atomic E-state index is 4.39. The molecule has 4 nitrogen and oxygen atoms in total. The molecule has 2 heterocycles. The standard InChI is InChI=1S/C14H26N4/c1-11(15-10-14(2,3)4)13-17-16-12-8-6-5-7-9-18(12)13/h11,15H,5-10H2,1-4H3. The summed E-state index contributed by atoms with van der Waals surface area (Å²) in [5.41, 5.74) is 0.301. The van der Waals surface area contributed by atoms with Crippen LogP contribution in [0.4, 0.5) is 0 Å². The van der Waals surface area contributed by atoms with Gasteiger partial charge in [0.25, 0.3) is 0 Å². The minimum Gasteiger partial charge on any atom is -0.314 e. The van der Waals surface area contributed by atoms with Gasteiger partial charge in [0.1, 0.15) is 11.6 Å². The molecule has 0 radical (unpaired) electrons. The first-order valence-corrected chi connectivity index (χ1v) is 7.13. The molecule has 0 saturated heterocycles. The molecule has 0 aromatic carbocycles. The van der Waals surface area contributed by atoms with Gasteiger partial charge in [0.15, 0.2) is 0 Å². The zero-order valence-electron chi connectivity index (χ0n) is 12.2. The molecule has 1 N–H and O–H groups in total. The third-order valence-electron chi connectivity index (χ3n) is 3.46. The molecule has 0 amide bonds. The lowest BCUT2D eigenvalue weighted by molar-refractivity contribution is 0.351. The molecule has 0 aliphatic carbocycles. The third kappa shape index (κ3) is 3.31. The summed E-state index contributed by atoms with van der Waals surface area (Å²) in [5.74, 6) is 2.28. The fourth-order valence-corrected chi connectivity index (χ4v) is 2.38. The Hall–Kier alpha value is -0.900. The molecule has 102 valence electrons. The maximum absolute atomic E-state index is 4.39. The van der Waals surface area contributed by atoms with Crippen molar-refractivity contribution in [1.29, 1.82) is 0 Å². The van der Waals surface area contributed by atoms with Crippen LogP contribution in [0.1, 0.15) is 64.6 Å². The number of aryl methyl sites for hydroxylation is 1. The normalized spacial score (nSPS) is 18.2. The van der Waals surface area contributed by atoms with E-state index in [2.05, 4.69) is 47.8 Å². The van der Waals surface area contributed by atoms with E-state index in [-0.39, 0.29) is 6.04 Å². The third-order valence-corrected chi connectivity index (χ3v) is 3.46. The molecule has 1 atom stereocenters. The smallest absolute Gasteiger partial charge is 0.149 e. The van der Waals surface area contributed by atoms with Crippen LogP contribution in [-0.2, 0) is 13.0 Å². The second-order valence-electron chi connectivity index (χ2n) is 6.60. The van der Waals surface area contributed by atoms with Crippen molar-refractivity contribution in [3.8, 4) is 0 Å². The van der Waals surface area contributed by atoms with Crippen molar-refractivity contribution in [2.24, 2.45) is 5.41 Å². The van der Waals surface area contributed by atoms with Crippen LogP contribution in [0.25, 0.3) is 0 Å². The summed E-state index contributed by atoms with van der Waals surface area (Å²) in [7, 11) is 0. The molecule has 1 aromatic heterocycles. The highest BCUT2D eigenvalue weighted by molar-refractivity contribution is 5.02. The van der Waals surface area contributed by atoms with Crippen molar-refractivity contribution in [1.82, 2.24) is 20.1 Å². The molecule has 1 aliphatic rings. The minimum absolute atomic E-state index is 0.281. The molecule has 2 rings (SSSR count). The molecule has 18 heavy (non-hydrogen) atoms. The summed E-state index contributed by atoms with van der Waals surface area (Å²) in [6, 6.07) is 0.281. The maximum Gasteiger partial charge on any atom is 0.149 e. The van der Waals surface area contributed by atoms with Crippen LogP contribution < -0.4 is 5.32 Å². The summed E-state index contributed by atoms with van der Waals surface area (Å²) >= 11 is 0. The van der Waals surface area contributed by atoms with Crippen LogP contribution in [-0.4, -0.2) is 21.3 Å². The summed E-state index contributed by atoms with van der Waals surface area (Å²) in [4.78, 5) is 0. The Kier molecular flexibility index (Phi) is 4.05. The first kappa shape index (κ1) is 13.5. The number of hydrogen-bond donors (Lipinski definition) is 1. The molecule has 0 fully saturated rings. The molecule has 4 heteroatoms. The number of nitrogens with one attached hydrogen (secondary N) is 1. The Labute approximate surface area is 110 Å². The van der Waals surface area contributed by atoms with Crippen LogP contribution in [0.3, 0.4) is 0 Å². The number of aromatic nitrogens is 3. The van der Waals surface area contributed by atoms with E-state index in [9.17, 15) is 0 Å². The van der Waals surface area contributed by atoms with Crippen molar-refractivity contribution in [2.75, 3.05) is 6.54 Å². The van der Waals surface area contributed by atoms with Gasteiger partial charge in [-0.1, -0.05) is 27.2 Å². The lowest BCUT2D eigenvalue weighted by atomic mass is 9.96. The zero-order chi connectivity index (χ0) is 13.2. The van der Waals surface area contributed by atoms with E-state index >= 15 is 0 Å². The molecule has 0 spiro atoms. The van der Waals surface area contributed by atoms with E-state index < -0.39 is 0 Å². The van der Waals surface area contributed by atoms with Gasteiger partial charge < -0.3 is 9.88 Å². The molecule has 0 saturated carbocycles. The van der Waals surface area contributed by atoms with Crippen LogP contribution >= 0.6 is 0 Å². The Morgan fingerprint density at radius 2 is 2.00 bits per heavy atom.